The van der Waals surface area contributed by atoms with Crippen LogP contribution in [0.5, 0.6) is 0 Å². The molecule has 108 valence electrons. The van der Waals surface area contributed by atoms with E-state index in [9.17, 15) is 9.59 Å². The van der Waals surface area contributed by atoms with Crippen molar-refractivity contribution in [1.82, 2.24) is 10.2 Å². The predicted octanol–water partition coefficient (Wildman–Crippen LogP) is 1.09. The third-order valence-electron chi connectivity index (χ3n) is 4.04. The Balaban J connectivity index is 1.66. The van der Waals surface area contributed by atoms with Crippen molar-refractivity contribution in [1.29, 1.82) is 0 Å². The van der Waals surface area contributed by atoms with E-state index in [1.807, 2.05) is 4.90 Å². The summed E-state index contributed by atoms with van der Waals surface area (Å²) in [7, 11) is 0. The number of nitrogens with zero attached hydrogens (tertiary/aromatic N) is 1. The van der Waals surface area contributed by atoms with Crippen molar-refractivity contribution in [3.8, 4) is 0 Å². The Hall–Kier alpha value is -1.10. The predicted molar refractivity (Wildman–Crippen MR) is 71.8 cm³/mol. The van der Waals surface area contributed by atoms with Gasteiger partial charge in [0.2, 0.25) is 5.91 Å². The van der Waals surface area contributed by atoms with E-state index in [0.717, 1.165) is 38.4 Å². The van der Waals surface area contributed by atoms with Crippen LogP contribution in [0.25, 0.3) is 0 Å². The first-order valence-electron chi connectivity index (χ1n) is 7.35. The van der Waals surface area contributed by atoms with Gasteiger partial charge in [-0.1, -0.05) is 0 Å². The van der Waals surface area contributed by atoms with Crippen LogP contribution >= 0.6 is 0 Å². The summed E-state index contributed by atoms with van der Waals surface area (Å²) < 4.78 is 0. The maximum atomic E-state index is 12.0. The molecular weight excluding hydrogens is 244 g/mol. The van der Waals surface area contributed by atoms with Crippen molar-refractivity contribution in [2.24, 2.45) is 11.8 Å². The van der Waals surface area contributed by atoms with Gasteiger partial charge in [-0.15, -0.1) is 0 Å². The second kappa shape index (κ2) is 6.89. The van der Waals surface area contributed by atoms with Crippen LogP contribution in [0, 0.1) is 11.8 Å². The first-order chi connectivity index (χ1) is 9.15. The Kier molecular flexibility index (Phi) is 5.19. The standard InChI is InChI=1S/C14H24N2O3/c17-13(9-15-8-11-3-4-11)16-7-1-2-12(10-16)5-6-14(18)19/h11-12,15H,1-10H2,(H,18,19). The van der Waals surface area contributed by atoms with Crippen molar-refractivity contribution >= 4 is 11.9 Å². The molecule has 1 aliphatic carbocycles. The topological polar surface area (TPSA) is 69.6 Å². The number of carbonyl (C=O) groups excluding carboxylic acids is 1. The molecule has 5 nitrogen and oxygen atoms in total. The summed E-state index contributed by atoms with van der Waals surface area (Å²) in [6.45, 7) is 2.95. The van der Waals surface area contributed by atoms with Gasteiger partial charge < -0.3 is 15.3 Å². The van der Waals surface area contributed by atoms with Crippen LogP contribution in [0.3, 0.4) is 0 Å². The third-order valence-corrected chi connectivity index (χ3v) is 4.04. The Bertz CT molecular complexity index is 329. The van der Waals surface area contributed by atoms with Crippen molar-refractivity contribution in [2.45, 2.75) is 38.5 Å². The van der Waals surface area contributed by atoms with Crippen molar-refractivity contribution in [3.05, 3.63) is 0 Å². The number of amides is 1. The highest BCUT2D eigenvalue weighted by molar-refractivity contribution is 5.78. The van der Waals surface area contributed by atoms with Gasteiger partial charge in [-0.25, -0.2) is 0 Å². The van der Waals surface area contributed by atoms with Gasteiger partial charge >= 0.3 is 5.97 Å². The van der Waals surface area contributed by atoms with Crippen LogP contribution in [0.4, 0.5) is 0 Å². The highest BCUT2D eigenvalue weighted by Crippen LogP contribution is 2.27. The number of likely N-dealkylation sites (tertiary alicyclic amines) is 1. The van der Waals surface area contributed by atoms with Gasteiger partial charge in [0.05, 0.1) is 6.54 Å². The molecule has 2 rings (SSSR count). The molecule has 0 aromatic heterocycles. The maximum absolute atomic E-state index is 12.0. The molecule has 2 aliphatic rings. The zero-order chi connectivity index (χ0) is 13.7. The van der Waals surface area contributed by atoms with Gasteiger partial charge in [0.25, 0.3) is 0 Å². The molecule has 1 saturated carbocycles. The quantitative estimate of drug-likeness (QED) is 0.725. The van der Waals surface area contributed by atoms with Crippen LogP contribution in [0.15, 0.2) is 0 Å². The Labute approximate surface area is 114 Å². The number of carboxylic acid groups (broad SMARTS) is 1. The lowest BCUT2D eigenvalue weighted by Gasteiger charge is -2.32. The Morgan fingerprint density at radius 3 is 2.68 bits per heavy atom. The molecule has 1 aliphatic heterocycles. The molecule has 0 aromatic carbocycles. The summed E-state index contributed by atoms with van der Waals surface area (Å²) in [5.41, 5.74) is 0. The van der Waals surface area contributed by atoms with E-state index >= 15 is 0 Å². The number of aliphatic carboxylic acids is 1. The fourth-order valence-corrected chi connectivity index (χ4v) is 2.67. The lowest BCUT2D eigenvalue weighted by atomic mass is 9.93. The Morgan fingerprint density at radius 2 is 2.00 bits per heavy atom. The van der Waals surface area contributed by atoms with Gasteiger partial charge in [0.1, 0.15) is 0 Å². The fraction of sp³-hybridized carbons (Fsp3) is 0.857. The number of rotatable bonds is 7. The first kappa shape index (κ1) is 14.3. The molecule has 0 spiro atoms. The van der Waals surface area contributed by atoms with Crippen molar-refractivity contribution < 1.29 is 14.7 Å². The minimum Gasteiger partial charge on any atom is -0.481 e. The molecule has 5 heteroatoms. The van der Waals surface area contributed by atoms with E-state index in [1.54, 1.807) is 0 Å². The average Bonchev–Trinajstić information content (AvgIpc) is 3.21. The molecular formula is C14H24N2O3. The minimum atomic E-state index is -0.741. The smallest absolute Gasteiger partial charge is 0.303 e. The van der Waals surface area contributed by atoms with E-state index in [0.29, 0.717) is 18.9 Å². The molecule has 1 heterocycles. The van der Waals surface area contributed by atoms with Crippen molar-refractivity contribution in [3.63, 3.8) is 0 Å². The molecule has 1 atom stereocenters. The summed E-state index contributed by atoms with van der Waals surface area (Å²) in [5.74, 6) is 0.574. The molecule has 2 fully saturated rings. The molecule has 0 radical (unpaired) electrons. The second-order valence-corrected chi connectivity index (χ2v) is 5.85. The van der Waals surface area contributed by atoms with Gasteiger partial charge in [-0.05, 0) is 50.5 Å². The van der Waals surface area contributed by atoms with Crippen LogP contribution in [-0.4, -0.2) is 48.1 Å². The summed E-state index contributed by atoms with van der Waals surface area (Å²) in [6.07, 6.45) is 5.54. The van der Waals surface area contributed by atoms with Crippen LogP contribution in [0.1, 0.15) is 38.5 Å². The van der Waals surface area contributed by atoms with E-state index in [4.69, 9.17) is 5.11 Å². The Morgan fingerprint density at radius 1 is 1.21 bits per heavy atom. The zero-order valence-electron chi connectivity index (χ0n) is 11.4. The van der Waals surface area contributed by atoms with E-state index in [-0.39, 0.29) is 12.3 Å². The van der Waals surface area contributed by atoms with E-state index < -0.39 is 5.97 Å². The lowest BCUT2D eigenvalue weighted by molar-refractivity contribution is -0.137. The number of piperidine rings is 1. The first-order valence-corrected chi connectivity index (χ1v) is 7.35. The van der Waals surface area contributed by atoms with Crippen LogP contribution in [0.2, 0.25) is 0 Å². The fourth-order valence-electron chi connectivity index (χ4n) is 2.67. The molecule has 0 aromatic rings. The average molecular weight is 268 g/mol. The number of hydrogen-bond acceptors (Lipinski definition) is 3. The highest BCUT2D eigenvalue weighted by atomic mass is 16.4. The second-order valence-electron chi connectivity index (χ2n) is 5.85. The van der Waals surface area contributed by atoms with Gasteiger partial charge in [0, 0.05) is 19.5 Å². The summed E-state index contributed by atoms with van der Waals surface area (Å²) in [5, 5.41) is 11.9. The summed E-state index contributed by atoms with van der Waals surface area (Å²) >= 11 is 0. The largest absolute Gasteiger partial charge is 0.481 e. The molecule has 1 unspecified atom stereocenters. The molecule has 1 saturated heterocycles. The van der Waals surface area contributed by atoms with Crippen LogP contribution in [-0.2, 0) is 9.59 Å². The van der Waals surface area contributed by atoms with Crippen LogP contribution < -0.4 is 5.32 Å². The normalized spacial score (nSPS) is 23.4. The number of carboxylic acids is 1. The lowest BCUT2D eigenvalue weighted by Crippen LogP contribution is -2.44. The van der Waals surface area contributed by atoms with E-state index in [2.05, 4.69) is 5.32 Å². The number of carbonyl (C=O) groups is 2. The maximum Gasteiger partial charge on any atom is 0.303 e. The van der Waals surface area contributed by atoms with E-state index in [1.165, 1.54) is 12.8 Å². The highest BCUT2D eigenvalue weighted by Gasteiger charge is 2.25. The van der Waals surface area contributed by atoms with Gasteiger partial charge in [-0.3, -0.25) is 9.59 Å². The van der Waals surface area contributed by atoms with Gasteiger partial charge in [0.15, 0.2) is 0 Å². The SMILES string of the molecule is O=C(O)CCC1CCCN(C(=O)CNCC2CC2)C1. The van der Waals surface area contributed by atoms with Crippen molar-refractivity contribution in [2.75, 3.05) is 26.2 Å². The molecule has 1 amide bonds. The number of nitrogens with one attached hydrogen (secondary N) is 1. The third kappa shape index (κ3) is 5.19. The summed E-state index contributed by atoms with van der Waals surface area (Å²) in [6, 6.07) is 0. The molecule has 2 N–H and O–H groups in total. The molecule has 0 bridgehead atoms. The van der Waals surface area contributed by atoms with Gasteiger partial charge in [-0.2, -0.15) is 0 Å². The number of hydrogen-bond donors (Lipinski definition) is 2. The minimum absolute atomic E-state index is 0.167. The molecule has 19 heavy (non-hydrogen) atoms. The monoisotopic (exact) mass is 268 g/mol. The zero-order valence-corrected chi connectivity index (χ0v) is 11.4. The summed E-state index contributed by atoms with van der Waals surface area (Å²) in [4.78, 5) is 24.5.